The largest absolute Gasteiger partial charge is 0.394 e. The van der Waals surface area contributed by atoms with Gasteiger partial charge in [-0.05, 0) is 19.8 Å². The van der Waals surface area contributed by atoms with Crippen LogP contribution in [-0.2, 0) is 16.6 Å². The highest BCUT2D eigenvalue weighted by atomic mass is 32.2. The Morgan fingerprint density at radius 1 is 1.45 bits per heavy atom. The highest BCUT2D eigenvalue weighted by molar-refractivity contribution is 7.89. The van der Waals surface area contributed by atoms with Gasteiger partial charge in [-0.1, -0.05) is 19.3 Å². The Hall–Kier alpha value is -1.12. The topological polar surface area (TPSA) is 110 Å². The van der Waals surface area contributed by atoms with E-state index in [1.165, 1.54) is 10.9 Å². The Kier molecular flexibility index (Phi) is 4.36. The van der Waals surface area contributed by atoms with Crippen molar-refractivity contribution in [1.29, 1.82) is 0 Å². The fourth-order valence-electron chi connectivity index (χ4n) is 2.65. The third-order valence-corrected chi connectivity index (χ3v) is 5.43. The minimum absolute atomic E-state index is 0.0109. The first-order chi connectivity index (χ1) is 9.42. The van der Waals surface area contributed by atoms with Gasteiger partial charge in [-0.3, -0.25) is 4.68 Å². The molecule has 1 saturated carbocycles. The molecule has 1 aromatic heterocycles. The van der Waals surface area contributed by atoms with E-state index in [9.17, 15) is 13.5 Å². The Morgan fingerprint density at radius 2 is 2.10 bits per heavy atom. The molecule has 0 bridgehead atoms. The molecule has 1 aliphatic rings. The molecule has 7 nitrogen and oxygen atoms in total. The molecular formula is C12H22N4O3S. The molecular weight excluding hydrogens is 280 g/mol. The summed E-state index contributed by atoms with van der Waals surface area (Å²) in [7, 11) is -3.77. The van der Waals surface area contributed by atoms with Crippen molar-refractivity contribution in [3.05, 3.63) is 6.20 Å². The number of nitrogens with zero attached hydrogens (tertiary/aromatic N) is 2. The van der Waals surface area contributed by atoms with E-state index in [0.717, 1.165) is 19.3 Å². The second kappa shape index (κ2) is 5.71. The van der Waals surface area contributed by atoms with Gasteiger partial charge in [-0.15, -0.1) is 0 Å². The zero-order valence-electron chi connectivity index (χ0n) is 11.7. The van der Waals surface area contributed by atoms with Crippen LogP contribution in [0.15, 0.2) is 11.1 Å². The van der Waals surface area contributed by atoms with Crippen LogP contribution >= 0.6 is 0 Å². The summed E-state index contributed by atoms with van der Waals surface area (Å²) in [4.78, 5) is -0.0160. The SMILES string of the molecule is CCn1cc(S(=O)(=O)NC2(CO)CCCCC2)c(N)n1. The van der Waals surface area contributed by atoms with Crippen molar-refractivity contribution in [3.8, 4) is 0 Å². The summed E-state index contributed by atoms with van der Waals surface area (Å²) < 4.78 is 29.0. The molecule has 20 heavy (non-hydrogen) atoms. The molecule has 4 N–H and O–H groups in total. The van der Waals surface area contributed by atoms with Crippen LogP contribution in [0.4, 0.5) is 5.82 Å². The second-order valence-corrected chi connectivity index (χ2v) is 6.99. The molecule has 0 spiro atoms. The third-order valence-electron chi connectivity index (χ3n) is 3.83. The van der Waals surface area contributed by atoms with Crippen LogP contribution in [0.1, 0.15) is 39.0 Å². The zero-order chi connectivity index (χ0) is 14.8. The van der Waals surface area contributed by atoms with E-state index in [1.807, 2.05) is 6.92 Å². The van der Waals surface area contributed by atoms with Gasteiger partial charge in [0.25, 0.3) is 0 Å². The van der Waals surface area contributed by atoms with Crippen molar-refractivity contribution in [3.63, 3.8) is 0 Å². The van der Waals surface area contributed by atoms with Gasteiger partial charge in [-0.25, -0.2) is 13.1 Å². The van der Waals surface area contributed by atoms with Crippen LogP contribution in [0.5, 0.6) is 0 Å². The minimum atomic E-state index is -3.77. The van der Waals surface area contributed by atoms with E-state index in [1.54, 1.807) is 0 Å². The Bertz CT molecular complexity index is 561. The highest BCUT2D eigenvalue weighted by Crippen LogP contribution is 2.30. The average Bonchev–Trinajstić information content (AvgIpc) is 2.81. The predicted molar refractivity (Wildman–Crippen MR) is 75.5 cm³/mol. The van der Waals surface area contributed by atoms with Gasteiger partial charge in [0.2, 0.25) is 10.0 Å². The molecule has 1 heterocycles. The molecule has 8 heteroatoms. The van der Waals surface area contributed by atoms with Gasteiger partial charge in [0, 0.05) is 12.7 Å². The van der Waals surface area contributed by atoms with Crippen LogP contribution in [-0.4, -0.2) is 35.5 Å². The van der Waals surface area contributed by atoms with E-state index >= 15 is 0 Å². The molecule has 0 amide bonds. The standard InChI is InChI=1S/C12H22N4O3S/c1-2-16-8-10(11(13)14-16)20(18,19)15-12(9-17)6-4-3-5-7-12/h8,15,17H,2-7,9H2,1H3,(H2,13,14). The lowest BCUT2D eigenvalue weighted by Gasteiger charge is -2.35. The van der Waals surface area contributed by atoms with Crippen molar-refractivity contribution in [2.75, 3.05) is 12.3 Å². The van der Waals surface area contributed by atoms with Gasteiger partial charge in [-0.2, -0.15) is 5.10 Å². The second-order valence-electron chi connectivity index (χ2n) is 5.34. The number of nitrogen functional groups attached to an aromatic ring is 1. The summed E-state index contributed by atoms with van der Waals surface area (Å²) in [6, 6.07) is 0. The molecule has 0 aliphatic heterocycles. The molecule has 0 aromatic carbocycles. The van der Waals surface area contributed by atoms with Crippen molar-refractivity contribution in [1.82, 2.24) is 14.5 Å². The number of rotatable bonds is 5. The maximum absolute atomic E-state index is 12.5. The van der Waals surface area contributed by atoms with Crippen LogP contribution in [0, 0.1) is 0 Å². The molecule has 0 unspecified atom stereocenters. The number of hydrogen-bond acceptors (Lipinski definition) is 5. The first-order valence-electron chi connectivity index (χ1n) is 6.90. The van der Waals surface area contributed by atoms with Gasteiger partial charge in [0.15, 0.2) is 5.82 Å². The van der Waals surface area contributed by atoms with Gasteiger partial charge in [0.05, 0.1) is 12.1 Å². The highest BCUT2D eigenvalue weighted by Gasteiger charge is 2.37. The van der Waals surface area contributed by atoms with Crippen LogP contribution in [0.3, 0.4) is 0 Å². The lowest BCUT2D eigenvalue weighted by molar-refractivity contribution is 0.142. The number of aromatic nitrogens is 2. The summed E-state index contributed by atoms with van der Waals surface area (Å²) >= 11 is 0. The quantitative estimate of drug-likeness (QED) is 0.732. The molecule has 1 aliphatic carbocycles. The lowest BCUT2D eigenvalue weighted by Crippen LogP contribution is -2.52. The minimum Gasteiger partial charge on any atom is -0.394 e. The Morgan fingerprint density at radius 3 is 2.60 bits per heavy atom. The lowest BCUT2D eigenvalue weighted by atomic mass is 9.83. The molecule has 1 fully saturated rings. The fraction of sp³-hybridized carbons (Fsp3) is 0.750. The third kappa shape index (κ3) is 2.97. The smallest absolute Gasteiger partial charge is 0.246 e. The maximum atomic E-state index is 12.5. The predicted octanol–water partition coefficient (Wildman–Crippen LogP) is 0.459. The molecule has 0 saturated heterocycles. The summed E-state index contributed by atoms with van der Waals surface area (Å²) in [6.45, 7) is 2.20. The van der Waals surface area contributed by atoms with E-state index < -0.39 is 15.6 Å². The maximum Gasteiger partial charge on any atom is 0.246 e. The van der Waals surface area contributed by atoms with Crippen molar-refractivity contribution < 1.29 is 13.5 Å². The summed E-state index contributed by atoms with van der Waals surface area (Å²) in [6.07, 6.45) is 5.60. The average molecular weight is 302 g/mol. The number of nitrogens with one attached hydrogen (secondary N) is 1. The number of aliphatic hydroxyl groups is 1. The number of aryl methyl sites for hydroxylation is 1. The van der Waals surface area contributed by atoms with Crippen molar-refractivity contribution >= 4 is 15.8 Å². The van der Waals surface area contributed by atoms with E-state index in [4.69, 9.17) is 5.73 Å². The van der Waals surface area contributed by atoms with Gasteiger partial charge < -0.3 is 10.8 Å². The van der Waals surface area contributed by atoms with Crippen molar-refractivity contribution in [2.45, 2.75) is 56.0 Å². The summed E-state index contributed by atoms with van der Waals surface area (Å²) in [5.41, 5.74) is 4.91. The monoisotopic (exact) mass is 302 g/mol. The first kappa shape index (κ1) is 15.3. The number of aliphatic hydroxyl groups excluding tert-OH is 1. The van der Waals surface area contributed by atoms with Gasteiger partial charge >= 0.3 is 0 Å². The zero-order valence-corrected chi connectivity index (χ0v) is 12.5. The van der Waals surface area contributed by atoms with E-state index in [-0.39, 0.29) is 17.3 Å². The molecule has 2 rings (SSSR count). The molecule has 1 aromatic rings. The van der Waals surface area contributed by atoms with E-state index in [2.05, 4.69) is 9.82 Å². The Balaban J connectivity index is 2.27. The Labute approximate surface area is 119 Å². The van der Waals surface area contributed by atoms with Crippen LogP contribution in [0.25, 0.3) is 0 Å². The number of sulfonamides is 1. The van der Waals surface area contributed by atoms with Crippen LogP contribution in [0.2, 0.25) is 0 Å². The molecule has 0 atom stereocenters. The number of anilines is 1. The number of hydrogen-bond donors (Lipinski definition) is 3. The molecule has 114 valence electrons. The van der Waals surface area contributed by atoms with Crippen molar-refractivity contribution in [2.24, 2.45) is 0 Å². The number of nitrogens with two attached hydrogens (primary N) is 1. The van der Waals surface area contributed by atoms with E-state index in [0.29, 0.717) is 19.4 Å². The fourth-order valence-corrected chi connectivity index (χ4v) is 4.17. The molecule has 0 radical (unpaired) electrons. The summed E-state index contributed by atoms with van der Waals surface area (Å²) in [5, 5.41) is 13.5. The van der Waals surface area contributed by atoms with Crippen LogP contribution < -0.4 is 10.5 Å². The van der Waals surface area contributed by atoms with Gasteiger partial charge in [0.1, 0.15) is 4.90 Å². The summed E-state index contributed by atoms with van der Waals surface area (Å²) in [5.74, 6) is -0.0109. The normalized spacial score (nSPS) is 19.1. The first-order valence-corrected chi connectivity index (χ1v) is 8.38.